The van der Waals surface area contributed by atoms with Crippen LogP contribution < -0.4 is 10.6 Å². The lowest BCUT2D eigenvalue weighted by atomic mass is 10.1. The van der Waals surface area contributed by atoms with Crippen molar-refractivity contribution in [3.05, 3.63) is 11.6 Å². The predicted molar refractivity (Wildman–Crippen MR) is 94.1 cm³/mol. The first kappa shape index (κ1) is 21.6. The minimum Gasteiger partial charge on any atom is -0.338 e. The third-order valence-electron chi connectivity index (χ3n) is 4.07. The lowest BCUT2D eigenvalue weighted by Gasteiger charge is -2.25. The van der Waals surface area contributed by atoms with Crippen molar-refractivity contribution in [2.24, 2.45) is 0 Å². The molecular weight excluding hydrogens is 340 g/mol. The van der Waals surface area contributed by atoms with E-state index in [0.29, 0.717) is 37.4 Å². The highest BCUT2D eigenvalue weighted by atomic mass is 16.5. The quantitative estimate of drug-likeness (QED) is 0.183. The summed E-state index contributed by atoms with van der Waals surface area (Å²) in [6.07, 6.45) is 5.45. The Bertz CT molecular complexity index is 549. The van der Waals surface area contributed by atoms with E-state index in [-0.39, 0.29) is 18.5 Å². The highest BCUT2D eigenvalue weighted by Crippen LogP contribution is 2.20. The Labute approximate surface area is 153 Å². The average Bonchev–Trinajstić information content (AvgIpc) is 3.10. The zero-order valence-corrected chi connectivity index (χ0v) is 15.4. The molecular formula is C17H28N4O5. The Morgan fingerprint density at radius 3 is 2.65 bits per heavy atom. The molecule has 0 aromatic rings. The van der Waals surface area contributed by atoms with Crippen LogP contribution in [0.3, 0.4) is 0 Å². The molecule has 3 N–H and O–H groups in total. The van der Waals surface area contributed by atoms with Crippen LogP contribution in [0.25, 0.3) is 0 Å². The van der Waals surface area contributed by atoms with Gasteiger partial charge < -0.3 is 10.2 Å². The van der Waals surface area contributed by atoms with Crippen molar-refractivity contribution in [2.45, 2.75) is 52.0 Å². The van der Waals surface area contributed by atoms with Crippen molar-refractivity contribution < 1.29 is 24.4 Å². The molecule has 0 aliphatic carbocycles. The Hall–Kier alpha value is -2.42. The number of hydrogen-bond acceptors (Lipinski definition) is 5. The van der Waals surface area contributed by atoms with Gasteiger partial charge in [-0.2, -0.15) is 0 Å². The van der Waals surface area contributed by atoms with Crippen LogP contribution in [-0.2, 0) is 14.4 Å². The molecule has 1 aliphatic heterocycles. The van der Waals surface area contributed by atoms with Crippen LogP contribution in [-0.4, -0.2) is 65.1 Å². The first-order valence-corrected chi connectivity index (χ1v) is 8.94. The van der Waals surface area contributed by atoms with Gasteiger partial charge in [0.2, 0.25) is 6.41 Å². The number of allylic oxidation sites excluding steroid dienone is 1. The molecule has 146 valence electrons. The molecule has 1 atom stereocenters. The number of likely N-dealkylation sites (tertiary alicyclic amines) is 1. The smallest absolute Gasteiger partial charge is 0.321 e. The fraction of sp³-hybridized carbons (Fsp3) is 0.647. The van der Waals surface area contributed by atoms with Crippen LogP contribution >= 0.6 is 0 Å². The van der Waals surface area contributed by atoms with Gasteiger partial charge in [-0.15, -0.1) is 0 Å². The van der Waals surface area contributed by atoms with Gasteiger partial charge in [0.15, 0.2) is 0 Å². The summed E-state index contributed by atoms with van der Waals surface area (Å²) >= 11 is 0. The number of carbonyl (C=O) groups is 4. The summed E-state index contributed by atoms with van der Waals surface area (Å²) in [5.74, 6) is -0.943. The summed E-state index contributed by atoms with van der Waals surface area (Å²) < 4.78 is 0. The average molecular weight is 368 g/mol. The molecule has 26 heavy (non-hydrogen) atoms. The van der Waals surface area contributed by atoms with Gasteiger partial charge in [0.1, 0.15) is 6.04 Å². The summed E-state index contributed by atoms with van der Waals surface area (Å²) in [6, 6.07) is -1.35. The Kier molecular flexibility index (Phi) is 9.35. The third kappa shape index (κ3) is 6.47. The minimum atomic E-state index is -0.747. The molecule has 5 amide bonds. The van der Waals surface area contributed by atoms with Crippen molar-refractivity contribution in [1.29, 1.82) is 0 Å². The van der Waals surface area contributed by atoms with Gasteiger partial charge in [-0.3, -0.25) is 24.9 Å². The molecule has 0 aromatic carbocycles. The number of imide groups is 1. The number of rotatable bonds is 9. The third-order valence-corrected chi connectivity index (χ3v) is 4.07. The van der Waals surface area contributed by atoms with Crippen LogP contribution in [0.15, 0.2) is 11.6 Å². The van der Waals surface area contributed by atoms with Crippen LogP contribution in [0.2, 0.25) is 0 Å². The number of amides is 5. The molecule has 0 aromatic heterocycles. The second-order valence-corrected chi connectivity index (χ2v) is 6.08. The van der Waals surface area contributed by atoms with Crippen molar-refractivity contribution in [1.82, 2.24) is 20.6 Å². The number of nitrogens with zero attached hydrogens (tertiary/aromatic N) is 2. The number of unbranched alkanes of at least 4 members (excludes halogenated alkanes) is 2. The van der Waals surface area contributed by atoms with E-state index in [1.165, 1.54) is 4.90 Å². The Morgan fingerprint density at radius 2 is 2.04 bits per heavy atom. The maximum absolute atomic E-state index is 12.8. The zero-order valence-electron chi connectivity index (χ0n) is 15.4. The van der Waals surface area contributed by atoms with Crippen molar-refractivity contribution >= 4 is 24.3 Å². The zero-order chi connectivity index (χ0) is 19.5. The number of nitrogens with one attached hydrogen (secondary N) is 2. The van der Waals surface area contributed by atoms with E-state index < -0.39 is 23.9 Å². The monoisotopic (exact) mass is 368 g/mol. The van der Waals surface area contributed by atoms with Gasteiger partial charge in [-0.05, 0) is 26.2 Å². The predicted octanol–water partition coefficient (Wildman–Crippen LogP) is 0.787. The van der Waals surface area contributed by atoms with Crippen molar-refractivity contribution in [2.75, 3.05) is 19.6 Å². The first-order chi connectivity index (χ1) is 12.4. The molecule has 0 radical (unpaired) electrons. The number of urea groups is 1. The van der Waals surface area contributed by atoms with Crippen LogP contribution in [0.5, 0.6) is 0 Å². The van der Waals surface area contributed by atoms with Crippen molar-refractivity contribution in [3.8, 4) is 0 Å². The van der Waals surface area contributed by atoms with E-state index in [2.05, 4.69) is 10.6 Å². The molecule has 9 nitrogen and oxygen atoms in total. The second-order valence-electron chi connectivity index (χ2n) is 6.08. The molecule has 9 heteroatoms. The van der Waals surface area contributed by atoms with Crippen LogP contribution in [0.1, 0.15) is 46.0 Å². The van der Waals surface area contributed by atoms with Crippen LogP contribution in [0, 0.1) is 0 Å². The molecule has 0 bridgehead atoms. The highest BCUT2D eigenvalue weighted by Gasteiger charge is 2.36. The van der Waals surface area contributed by atoms with E-state index in [9.17, 15) is 24.4 Å². The highest BCUT2D eigenvalue weighted by molar-refractivity contribution is 6.01. The molecule has 1 aliphatic rings. The second kappa shape index (κ2) is 11.2. The first-order valence-electron chi connectivity index (χ1n) is 8.94. The van der Waals surface area contributed by atoms with Crippen LogP contribution in [0.4, 0.5) is 4.79 Å². The fourth-order valence-corrected chi connectivity index (χ4v) is 2.78. The summed E-state index contributed by atoms with van der Waals surface area (Å²) in [5, 5.41) is 14.6. The van der Waals surface area contributed by atoms with Gasteiger partial charge >= 0.3 is 6.03 Å². The Morgan fingerprint density at radius 1 is 1.31 bits per heavy atom. The molecule has 0 saturated carbocycles. The summed E-state index contributed by atoms with van der Waals surface area (Å²) in [4.78, 5) is 48.8. The standard InChI is InChI=1S/C17H28N4O5/c1-3-5-6-8-13(11-20(26)12-22)16(24)21-10-7-9-14(21)15(23)19-17(25)18-4-2/h8,12,14,26H,3-7,9-11H2,1-2H3,(H2,18,19,23,25)/b13-8-/t14-/m0/s1. The van der Waals surface area contributed by atoms with E-state index in [4.69, 9.17) is 0 Å². The molecule has 1 fully saturated rings. The van der Waals surface area contributed by atoms with E-state index in [1.54, 1.807) is 13.0 Å². The largest absolute Gasteiger partial charge is 0.338 e. The van der Waals surface area contributed by atoms with E-state index in [0.717, 1.165) is 12.8 Å². The fourth-order valence-electron chi connectivity index (χ4n) is 2.78. The van der Waals surface area contributed by atoms with Gasteiger partial charge in [-0.25, -0.2) is 9.86 Å². The normalized spacial score (nSPS) is 17.0. The lowest BCUT2D eigenvalue weighted by molar-refractivity contribution is -0.149. The van der Waals surface area contributed by atoms with Gasteiger partial charge in [0.05, 0.1) is 6.54 Å². The lowest BCUT2D eigenvalue weighted by Crippen LogP contribution is -2.50. The summed E-state index contributed by atoms with van der Waals surface area (Å²) in [7, 11) is 0. The molecule has 1 heterocycles. The summed E-state index contributed by atoms with van der Waals surface area (Å²) in [5.41, 5.74) is 0.255. The minimum absolute atomic E-state index is 0.226. The topological polar surface area (TPSA) is 119 Å². The molecule has 1 saturated heterocycles. The number of carbonyl (C=O) groups excluding carboxylic acids is 4. The SMILES string of the molecule is CCCC/C=C(/CN(O)C=O)C(=O)N1CCC[C@H]1C(=O)NC(=O)NCC. The summed E-state index contributed by atoms with van der Waals surface area (Å²) in [6.45, 7) is 4.27. The van der Waals surface area contributed by atoms with Gasteiger partial charge in [-0.1, -0.05) is 25.8 Å². The molecule has 0 spiro atoms. The maximum Gasteiger partial charge on any atom is 0.321 e. The molecule has 1 rings (SSSR count). The van der Waals surface area contributed by atoms with Gasteiger partial charge in [0, 0.05) is 18.7 Å². The maximum atomic E-state index is 12.8. The number of hydroxylamine groups is 2. The van der Waals surface area contributed by atoms with Crippen molar-refractivity contribution in [3.63, 3.8) is 0 Å². The van der Waals surface area contributed by atoms with E-state index in [1.807, 2.05) is 6.92 Å². The Balaban J connectivity index is 2.86. The van der Waals surface area contributed by atoms with E-state index >= 15 is 0 Å². The van der Waals surface area contributed by atoms with Gasteiger partial charge in [0.25, 0.3) is 11.8 Å². The molecule has 0 unspecified atom stereocenters. The number of hydrogen-bond donors (Lipinski definition) is 3.